The van der Waals surface area contributed by atoms with Crippen LogP contribution in [0.1, 0.15) is 41.3 Å². The van der Waals surface area contributed by atoms with Crippen molar-refractivity contribution in [1.29, 1.82) is 0 Å². The number of aliphatic hydroxyl groups is 1. The van der Waals surface area contributed by atoms with Gasteiger partial charge in [-0.25, -0.2) is 9.78 Å². The quantitative estimate of drug-likeness (QED) is 0.331. The second-order valence-electron chi connectivity index (χ2n) is 9.14. The second kappa shape index (κ2) is 12.2. The summed E-state index contributed by atoms with van der Waals surface area (Å²) in [6.07, 6.45) is -8.72. The number of aromatic nitrogens is 1. The van der Waals surface area contributed by atoms with Gasteiger partial charge < -0.3 is 15.3 Å². The summed E-state index contributed by atoms with van der Waals surface area (Å²) >= 11 is 0. The standard InChI is InChI=1S/C25H29F6N5O3/c1-2-3-10-32-22(38)34-20-9-6-18(15-33-20)21(37)36-13-11-35(12-14-36)16-17-4-7-19(8-5-17)23(39,24(26,27)28)25(29,30)31/h4-9,15,39H,2-3,10-14,16H2,1H3,(H2,32,33,34,38). The third kappa shape index (κ3) is 7.18. The van der Waals surface area contributed by atoms with Crippen LogP contribution in [0.3, 0.4) is 0 Å². The van der Waals surface area contributed by atoms with Gasteiger partial charge >= 0.3 is 18.4 Å². The predicted molar refractivity (Wildman–Crippen MR) is 130 cm³/mol. The Morgan fingerprint density at radius 3 is 2.08 bits per heavy atom. The van der Waals surface area contributed by atoms with Crippen molar-refractivity contribution in [3.63, 3.8) is 0 Å². The van der Waals surface area contributed by atoms with Crippen LogP contribution in [0.15, 0.2) is 42.6 Å². The molecule has 0 atom stereocenters. The molecule has 1 aromatic heterocycles. The maximum atomic E-state index is 13.1. The number of halogens is 6. The van der Waals surface area contributed by atoms with Gasteiger partial charge in [-0.2, -0.15) is 26.3 Å². The Labute approximate surface area is 221 Å². The summed E-state index contributed by atoms with van der Waals surface area (Å²) in [5.74, 6) is 0.0318. The number of benzene rings is 1. The number of piperazine rings is 1. The molecule has 214 valence electrons. The van der Waals surface area contributed by atoms with Crippen molar-refractivity contribution in [3.05, 3.63) is 59.3 Å². The molecule has 0 radical (unpaired) electrons. The van der Waals surface area contributed by atoms with Gasteiger partial charge in [0.1, 0.15) is 5.82 Å². The molecule has 0 unspecified atom stereocenters. The highest BCUT2D eigenvalue weighted by Crippen LogP contribution is 2.49. The van der Waals surface area contributed by atoms with Gasteiger partial charge in [0.2, 0.25) is 0 Å². The summed E-state index contributed by atoms with van der Waals surface area (Å²) in [6.45, 7) is 4.32. The topological polar surface area (TPSA) is 97.8 Å². The van der Waals surface area contributed by atoms with E-state index in [9.17, 15) is 41.0 Å². The molecule has 39 heavy (non-hydrogen) atoms. The first-order valence-corrected chi connectivity index (χ1v) is 12.2. The zero-order chi connectivity index (χ0) is 28.8. The van der Waals surface area contributed by atoms with Crippen LogP contribution < -0.4 is 10.6 Å². The fraction of sp³-hybridized carbons (Fsp3) is 0.480. The highest BCUT2D eigenvalue weighted by molar-refractivity contribution is 5.94. The van der Waals surface area contributed by atoms with Gasteiger partial charge in [-0.15, -0.1) is 0 Å². The van der Waals surface area contributed by atoms with Gasteiger partial charge in [0.05, 0.1) is 5.56 Å². The Hall–Kier alpha value is -3.39. The van der Waals surface area contributed by atoms with E-state index < -0.39 is 29.5 Å². The van der Waals surface area contributed by atoms with Crippen molar-refractivity contribution in [2.45, 2.75) is 44.3 Å². The Morgan fingerprint density at radius 1 is 0.949 bits per heavy atom. The van der Waals surface area contributed by atoms with Crippen LogP contribution in [0.5, 0.6) is 0 Å². The maximum absolute atomic E-state index is 13.1. The minimum atomic E-state index is -5.94. The van der Waals surface area contributed by atoms with Crippen LogP contribution >= 0.6 is 0 Å². The molecule has 3 rings (SSSR count). The summed E-state index contributed by atoms with van der Waals surface area (Å²) in [6, 6.07) is 6.14. The molecule has 1 aliphatic heterocycles. The van der Waals surface area contributed by atoms with Crippen LogP contribution in [0.4, 0.5) is 37.0 Å². The molecule has 2 aromatic rings. The maximum Gasteiger partial charge on any atom is 0.430 e. The van der Waals surface area contributed by atoms with Crippen molar-refractivity contribution in [3.8, 4) is 0 Å². The lowest BCUT2D eigenvalue weighted by Gasteiger charge is -2.35. The van der Waals surface area contributed by atoms with Gasteiger partial charge in [0, 0.05) is 51.0 Å². The van der Waals surface area contributed by atoms with E-state index in [1.807, 2.05) is 11.8 Å². The Bertz CT molecular complexity index is 1100. The SMILES string of the molecule is CCCCNC(=O)Nc1ccc(C(=O)N2CCN(Cc3ccc(C(O)(C(F)(F)F)C(F)(F)F)cc3)CC2)cn1. The number of rotatable bonds is 8. The number of anilines is 1. The van der Waals surface area contributed by atoms with Crippen molar-refractivity contribution in [2.75, 3.05) is 38.0 Å². The third-order valence-corrected chi connectivity index (χ3v) is 6.33. The lowest BCUT2D eigenvalue weighted by Crippen LogP contribution is -2.53. The Morgan fingerprint density at radius 2 is 1.56 bits per heavy atom. The number of carbonyl (C=O) groups is 2. The lowest BCUT2D eigenvalue weighted by molar-refractivity contribution is -0.376. The molecule has 3 amide bonds. The van der Waals surface area contributed by atoms with Crippen molar-refractivity contribution in [1.82, 2.24) is 20.1 Å². The molecule has 8 nitrogen and oxygen atoms in total. The average Bonchev–Trinajstić information content (AvgIpc) is 2.88. The number of pyridine rings is 1. The highest BCUT2D eigenvalue weighted by Gasteiger charge is 2.71. The summed E-state index contributed by atoms with van der Waals surface area (Å²) in [5.41, 5.74) is -5.49. The van der Waals surface area contributed by atoms with E-state index in [0.29, 0.717) is 61.8 Å². The number of nitrogens with zero attached hydrogens (tertiary/aromatic N) is 3. The molecule has 3 N–H and O–H groups in total. The van der Waals surface area contributed by atoms with Crippen molar-refractivity contribution < 1.29 is 41.0 Å². The van der Waals surface area contributed by atoms with Gasteiger partial charge in [-0.3, -0.25) is 15.0 Å². The number of alkyl halides is 6. The van der Waals surface area contributed by atoms with E-state index in [2.05, 4.69) is 15.6 Å². The van der Waals surface area contributed by atoms with Crippen LogP contribution in [0.25, 0.3) is 0 Å². The fourth-order valence-corrected chi connectivity index (χ4v) is 4.02. The first-order chi connectivity index (χ1) is 18.3. The molecular weight excluding hydrogens is 532 g/mol. The highest BCUT2D eigenvalue weighted by atomic mass is 19.4. The number of amides is 3. The molecule has 2 heterocycles. The molecule has 0 saturated carbocycles. The predicted octanol–water partition coefficient (Wildman–Crippen LogP) is 4.27. The molecule has 14 heteroatoms. The summed E-state index contributed by atoms with van der Waals surface area (Å²) in [4.78, 5) is 32.2. The van der Waals surface area contributed by atoms with Gasteiger partial charge in [-0.1, -0.05) is 37.6 Å². The minimum Gasteiger partial charge on any atom is -0.369 e. The van der Waals surface area contributed by atoms with Crippen LogP contribution in [-0.2, 0) is 12.1 Å². The number of nitrogens with one attached hydrogen (secondary N) is 2. The average molecular weight is 562 g/mol. The second-order valence-corrected chi connectivity index (χ2v) is 9.14. The van der Waals surface area contributed by atoms with Crippen LogP contribution in [0, 0.1) is 0 Å². The molecule has 1 saturated heterocycles. The van der Waals surface area contributed by atoms with Gasteiger partial charge in [-0.05, 0) is 24.1 Å². The van der Waals surface area contributed by atoms with E-state index in [-0.39, 0.29) is 12.5 Å². The third-order valence-electron chi connectivity index (χ3n) is 6.33. The fourth-order valence-electron chi connectivity index (χ4n) is 4.02. The minimum absolute atomic E-state index is 0.237. The summed E-state index contributed by atoms with van der Waals surface area (Å²) in [5, 5.41) is 14.8. The largest absolute Gasteiger partial charge is 0.430 e. The molecule has 0 aliphatic carbocycles. The number of unbranched alkanes of at least 4 members (excludes halogenated alkanes) is 1. The molecule has 1 aliphatic rings. The smallest absolute Gasteiger partial charge is 0.369 e. The van der Waals surface area contributed by atoms with E-state index in [4.69, 9.17) is 0 Å². The van der Waals surface area contributed by atoms with Crippen molar-refractivity contribution in [2.24, 2.45) is 0 Å². The normalized spacial score (nSPS) is 15.2. The van der Waals surface area contributed by atoms with E-state index in [1.54, 1.807) is 11.0 Å². The Kier molecular flexibility index (Phi) is 9.43. The number of carbonyl (C=O) groups excluding carboxylic acids is 2. The molecule has 1 fully saturated rings. The number of hydrogen-bond donors (Lipinski definition) is 3. The van der Waals surface area contributed by atoms with Crippen LogP contribution in [0.2, 0.25) is 0 Å². The first-order valence-electron chi connectivity index (χ1n) is 12.2. The van der Waals surface area contributed by atoms with Crippen molar-refractivity contribution >= 4 is 17.8 Å². The Balaban J connectivity index is 1.53. The summed E-state index contributed by atoms with van der Waals surface area (Å²) < 4.78 is 78.4. The molecule has 0 spiro atoms. The van der Waals surface area contributed by atoms with Crippen LogP contribution in [-0.4, -0.2) is 76.9 Å². The van der Waals surface area contributed by atoms with E-state index in [1.165, 1.54) is 12.3 Å². The number of hydrogen-bond acceptors (Lipinski definition) is 5. The van der Waals surface area contributed by atoms with Gasteiger partial charge in [0.25, 0.3) is 11.5 Å². The molecule has 1 aromatic carbocycles. The molecule has 0 bridgehead atoms. The first kappa shape index (κ1) is 30.2. The van der Waals surface area contributed by atoms with Gasteiger partial charge in [0.15, 0.2) is 0 Å². The number of urea groups is 1. The molecular formula is C25H29F6N5O3. The summed E-state index contributed by atoms with van der Waals surface area (Å²) in [7, 11) is 0. The van der Waals surface area contributed by atoms with E-state index >= 15 is 0 Å². The van der Waals surface area contributed by atoms with E-state index in [0.717, 1.165) is 25.0 Å². The monoisotopic (exact) mass is 561 g/mol. The zero-order valence-corrected chi connectivity index (χ0v) is 21.1. The lowest BCUT2D eigenvalue weighted by atomic mass is 9.91. The zero-order valence-electron chi connectivity index (χ0n) is 21.1.